The van der Waals surface area contributed by atoms with E-state index in [1.54, 1.807) is 12.1 Å². The standard InChI is InChI=1S/C14H15N5O/c15-14-17-12-11(13(18-14)19-5-1-2-6-19)9-7-8(20)3-4-10(9)16-12/h3-4,7,20H,1-2,5-6H2,(H3,15,16,17,18). The molecule has 0 aliphatic carbocycles. The molecular formula is C14H15N5O. The molecule has 6 heteroatoms. The summed E-state index contributed by atoms with van der Waals surface area (Å²) in [4.78, 5) is 14.2. The van der Waals surface area contributed by atoms with Crippen LogP contribution in [0.15, 0.2) is 18.2 Å². The molecule has 3 aromatic rings. The Bertz CT molecular complexity index is 804. The van der Waals surface area contributed by atoms with Gasteiger partial charge >= 0.3 is 0 Å². The molecule has 1 aliphatic heterocycles. The van der Waals surface area contributed by atoms with Crippen LogP contribution in [0.2, 0.25) is 0 Å². The monoisotopic (exact) mass is 269 g/mol. The van der Waals surface area contributed by atoms with Crippen LogP contribution in [-0.2, 0) is 0 Å². The lowest BCUT2D eigenvalue weighted by Gasteiger charge is -2.17. The quantitative estimate of drug-likeness (QED) is 0.628. The van der Waals surface area contributed by atoms with Crippen LogP contribution in [0.5, 0.6) is 5.75 Å². The maximum atomic E-state index is 9.73. The largest absolute Gasteiger partial charge is 0.508 e. The minimum absolute atomic E-state index is 0.239. The predicted octanol–water partition coefficient (Wildman–Crippen LogP) is 2.00. The van der Waals surface area contributed by atoms with E-state index in [1.165, 1.54) is 12.8 Å². The number of H-pyrrole nitrogens is 1. The number of phenolic OH excluding ortho intramolecular Hbond substituents is 1. The number of nitrogen functional groups attached to an aromatic ring is 1. The second-order valence-corrected chi connectivity index (χ2v) is 5.18. The minimum atomic E-state index is 0.239. The lowest BCUT2D eigenvalue weighted by Crippen LogP contribution is -2.20. The molecule has 4 rings (SSSR count). The van der Waals surface area contributed by atoms with Gasteiger partial charge in [0.25, 0.3) is 0 Å². The Kier molecular flexibility index (Phi) is 2.26. The number of aromatic amines is 1. The van der Waals surface area contributed by atoms with E-state index in [9.17, 15) is 5.11 Å². The Labute approximate surface area is 115 Å². The van der Waals surface area contributed by atoms with Crippen LogP contribution in [-0.4, -0.2) is 33.1 Å². The highest BCUT2D eigenvalue weighted by atomic mass is 16.3. The van der Waals surface area contributed by atoms with Gasteiger partial charge in [-0.2, -0.15) is 9.97 Å². The Morgan fingerprint density at radius 1 is 1.20 bits per heavy atom. The summed E-state index contributed by atoms with van der Waals surface area (Å²) in [5.74, 6) is 1.37. The average molecular weight is 269 g/mol. The summed E-state index contributed by atoms with van der Waals surface area (Å²) in [6.45, 7) is 1.97. The fourth-order valence-electron chi connectivity index (χ4n) is 2.94. The number of rotatable bonds is 1. The summed E-state index contributed by atoms with van der Waals surface area (Å²) >= 11 is 0. The van der Waals surface area contributed by atoms with Crippen LogP contribution in [0.1, 0.15) is 12.8 Å². The van der Waals surface area contributed by atoms with Gasteiger partial charge in [0.15, 0.2) is 0 Å². The summed E-state index contributed by atoms with van der Waals surface area (Å²) in [6.07, 6.45) is 2.33. The lowest BCUT2D eigenvalue weighted by atomic mass is 10.2. The highest BCUT2D eigenvalue weighted by Crippen LogP contribution is 2.34. The molecular weight excluding hydrogens is 254 g/mol. The lowest BCUT2D eigenvalue weighted by molar-refractivity contribution is 0.476. The van der Waals surface area contributed by atoms with Gasteiger partial charge in [-0.15, -0.1) is 0 Å². The van der Waals surface area contributed by atoms with Crippen LogP contribution >= 0.6 is 0 Å². The molecule has 4 N–H and O–H groups in total. The number of benzene rings is 1. The molecule has 1 saturated heterocycles. The third-order valence-electron chi connectivity index (χ3n) is 3.84. The third-order valence-corrected chi connectivity index (χ3v) is 3.84. The van der Waals surface area contributed by atoms with Gasteiger partial charge in [-0.1, -0.05) is 0 Å². The molecule has 0 amide bonds. The van der Waals surface area contributed by atoms with Gasteiger partial charge in [0.05, 0.1) is 5.39 Å². The molecule has 102 valence electrons. The van der Waals surface area contributed by atoms with Crippen molar-refractivity contribution in [3.05, 3.63) is 18.2 Å². The molecule has 3 heterocycles. The molecule has 20 heavy (non-hydrogen) atoms. The molecule has 0 saturated carbocycles. The third kappa shape index (κ3) is 1.57. The molecule has 2 aromatic heterocycles. The van der Waals surface area contributed by atoms with E-state index in [2.05, 4.69) is 19.9 Å². The smallest absolute Gasteiger partial charge is 0.223 e. The van der Waals surface area contributed by atoms with Crippen molar-refractivity contribution in [2.45, 2.75) is 12.8 Å². The zero-order chi connectivity index (χ0) is 13.7. The number of nitrogens with two attached hydrogens (primary N) is 1. The zero-order valence-electron chi connectivity index (χ0n) is 10.9. The number of aromatic hydroxyl groups is 1. The second-order valence-electron chi connectivity index (χ2n) is 5.18. The summed E-state index contributed by atoms with van der Waals surface area (Å²) in [6, 6.07) is 5.24. The number of hydrogen-bond donors (Lipinski definition) is 3. The molecule has 1 aliphatic rings. The van der Waals surface area contributed by atoms with E-state index in [0.717, 1.165) is 40.8 Å². The normalized spacial score (nSPS) is 15.5. The Hall–Kier alpha value is -2.50. The predicted molar refractivity (Wildman–Crippen MR) is 78.9 cm³/mol. The van der Waals surface area contributed by atoms with Crippen LogP contribution in [0.3, 0.4) is 0 Å². The first-order chi connectivity index (χ1) is 9.72. The van der Waals surface area contributed by atoms with E-state index in [0.29, 0.717) is 0 Å². The van der Waals surface area contributed by atoms with E-state index < -0.39 is 0 Å². The van der Waals surface area contributed by atoms with Crippen molar-refractivity contribution in [2.75, 3.05) is 23.7 Å². The van der Waals surface area contributed by atoms with Crippen molar-refractivity contribution in [1.29, 1.82) is 0 Å². The van der Waals surface area contributed by atoms with E-state index in [1.807, 2.05) is 6.07 Å². The van der Waals surface area contributed by atoms with Crippen LogP contribution < -0.4 is 10.6 Å². The van der Waals surface area contributed by atoms with Gasteiger partial charge in [-0.3, -0.25) is 0 Å². The van der Waals surface area contributed by atoms with E-state index in [4.69, 9.17) is 5.73 Å². The molecule has 6 nitrogen and oxygen atoms in total. The van der Waals surface area contributed by atoms with E-state index in [-0.39, 0.29) is 11.7 Å². The zero-order valence-corrected chi connectivity index (χ0v) is 10.9. The summed E-state index contributed by atoms with van der Waals surface area (Å²) < 4.78 is 0. The molecule has 1 aromatic carbocycles. The van der Waals surface area contributed by atoms with Crippen LogP contribution in [0.4, 0.5) is 11.8 Å². The first-order valence-corrected chi connectivity index (χ1v) is 6.75. The SMILES string of the molecule is Nc1nc(N2CCCC2)c2c(n1)[nH]c1ccc(O)cc12. The van der Waals surface area contributed by atoms with E-state index >= 15 is 0 Å². The van der Waals surface area contributed by atoms with Crippen molar-refractivity contribution in [3.63, 3.8) is 0 Å². The number of phenols is 1. The molecule has 1 fully saturated rings. The van der Waals surface area contributed by atoms with Gasteiger partial charge < -0.3 is 20.7 Å². The first kappa shape index (κ1) is 11.3. The molecule has 0 radical (unpaired) electrons. The first-order valence-electron chi connectivity index (χ1n) is 6.75. The Morgan fingerprint density at radius 3 is 2.80 bits per heavy atom. The maximum absolute atomic E-state index is 9.73. The summed E-state index contributed by atoms with van der Waals surface area (Å²) in [5.41, 5.74) is 7.48. The minimum Gasteiger partial charge on any atom is -0.508 e. The average Bonchev–Trinajstić information content (AvgIpc) is 3.04. The molecule has 0 bridgehead atoms. The Balaban J connectivity index is 2.09. The van der Waals surface area contributed by atoms with Crippen molar-refractivity contribution in [1.82, 2.24) is 15.0 Å². The number of anilines is 2. The number of hydrogen-bond acceptors (Lipinski definition) is 5. The number of aromatic nitrogens is 3. The van der Waals surface area contributed by atoms with Crippen molar-refractivity contribution in [2.24, 2.45) is 0 Å². The van der Waals surface area contributed by atoms with Gasteiger partial charge in [0.2, 0.25) is 5.95 Å². The van der Waals surface area contributed by atoms with Gasteiger partial charge in [-0.05, 0) is 31.0 Å². The second kappa shape index (κ2) is 4.00. The molecule has 0 spiro atoms. The van der Waals surface area contributed by atoms with Gasteiger partial charge in [0, 0.05) is 24.0 Å². The highest BCUT2D eigenvalue weighted by molar-refractivity contribution is 6.12. The molecule has 0 unspecified atom stereocenters. The van der Waals surface area contributed by atoms with Crippen LogP contribution in [0, 0.1) is 0 Å². The van der Waals surface area contributed by atoms with Crippen molar-refractivity contribution < 1.29 is 5.11 Å². The fourth-order valence-corrected chi connectivity index (χ4v) is 2.94. The summed E-state index contributed by atoms with van der Waals surface area (Å²) in [7, 11) is 0. The summed E-state index contributed by atoms with van der Waals surface area (Å²) in [5, 5.41) is 11.6. The number of fused-ring (bicyclic) bond motifs is 3. The van der Waals surface area contributed by atoms with Crippen LogP contribution in [0.25, 0.3) is 21.9 Å². The van der Waals surface area contributed by atoms with Gasteiger partial charge in [-0.25, -0.2) is 0 Å². The highest BCUT2D eigenvalue weighted by Gasteiger charge is 2.20. The maximum Gasteiger partial charge on any atom is 0.223 e. The number of nitrogens with one attached hydrogen (secondary N) is 1. The van der Waals surface area contributed by atoms with Crippen molar-refractivity contribution in [3.8, 4) is 5.75 Å². The molecule has 0 atom stereocenters. The topological polar surface area (TPSA) is 91.1 Å². The number of nitrogens with zero attached hydrogens (tertiary/aromatic N) is 3. The fraction of sp³-hybridized carbons (Fsp3) is 0.286. The van der Waals surface area contributed by atoms with Crippen molar-refractivity contribution >= 4 is 33.7 Å². The Morgan fingerprint density at radius 2 is 2.00 bits per heavy atom. The van der Waals surface area contributed by atoms with Gasteiger partial charge in [0.1, 0.15) is 17.2 Å².